The lowest BCUT2D eigenvalue weighted by Crippen LogP contribution is -2.20. The number of hydrogen-bond acceptors (Lipinski definition) is 6. The Morgan fingerprint density at radius 1 is 1.33 bits per heavy atom. The molecule has 0 amide bonds. The number of nitrogens with one attached hydrogen (secondary N) is 3. The summed E-state index contributed by atoms with van der Waals surface area (Å²) >= 11 is 0. The Morgan fingerprint density at radius 2 is 2.17 bits per heavy atom. The van der Waals surface area contributed by atoms with Crippen molar-refractivity contribution in [2.75, 3.05) is 5.32 Å². The lowest BCUT2D eigenvalue weighted by Gasteiger charge is -2.09. The predicted octanol–water partition coefficient (Wildman–Crippen LogP) is 1.25. The summed E-state index contributed by atoms with van der Waals surface area (Å²) in [6.45, 7) is 1.81. The number of rotatable bonds is 4. The molecule has 9 nitrogen and oxygen atoms in total. The zero-order valence-electron chi connectivity index (χ0n) is 16.0. The second-order valence-electron chi connectivity index (χ2n) is 7.27. The standard InChI is InChI=1S/C20H18FN7O2/c1-10-6-12(21)2-5-14(10)24-16-8-17(23-13-3-4-13)28-18(26-16)11(9-22-28)7-15-19(29)27-20(30)25-15/h2,5-9,13,24,29H,3-4H2,1H3,(H2,25,27,30)/b11-7-,23-17?. The van der Waals surface area contributed by atoms with E-state index in [2.05, 4.69) is 25.4 Å². The lowest BCUT2D eigenvalue weighted by atomic mass is 10.2. The van der Waals surface area contributed by atoms with Gasteiger partial charge in [0.15, 0.2) is 11.1 Å². The topological polar surface area (TPSA) is 123 Å². The van der Waals surface area contributed by atoms with Crippen LogP contribution in [-0.2, 0) is 0 Å². The van der Waals surface area contributed by atoms with E-state index in [0.717, 1.165) is 24.1 Å². The molecule has 1 aromatic carbocycles. The van der Waals surface area contributed by atoms with Crippen LogP contribution < -0.4 is 21.7 Å². The van der Waals surface area contributed by atoms with E-state index in [1.54, 1.807) is 28.9 Å². The molecule has 0 radical (unpaired) electrons. The number of aromatic hydroxyl groups is 1. The van der Waals surface area contributed by atoms with Gasteiger partial charge in [-0.2, -0.15) is 9.61 Å². The van der Waals surface area contributed by atoms with Crippen molar-refractivity contribution in [3.8, 4) is 5.88 Å². The Morgan fingerprint density at radius 3 is 2.87 bits per heavy atom. The van der Waals surface area contributed by atoms with Gasteiger partial charge in [0.05, 0.1) is 12.2 Å². The fourth-order valence-electron chi connectivity index (χ4n) is 3.17. The normalized spacial score (nSPS) is 15.3. The van der Waals surface area contributed by atoms with Crippen LogP contribution in [0.25, 0.3) is 11.7 Å². The summed E-state index contributed by atoms with van der Waals surface area (Å²) in [6, 6.07) is 6.53. The Labute approximate surface area is 168 Å². The largest absolute Gasteiger partial charge is 0.493 e. The van der Waals surface area contributed by atoms with Crippen molar-refractivity contribution >= 4 is 23.2 Å². The zero-order chi connectivity index (χ0) is 20.8. The maximum Gasteiger partial charge on any atom is 0.326 e. The second-order valence-corrected chi connectivity index (χ2v) is 7.27. The molecular weight excluding hydrogens is 389 g/mol. The van der Waals surface area contributed by atoms with E-state index in [1.807, 2.05) is 6.92 Å². The van der Waals surface area contributed by atoms with Gasteiger partial charge in [-0.1, -0.05) is 0 Å². The summed E-state index contributed by atoms with van der Waals surface area (Å²) in [5, 5.41) is 18.0. The third kappa shape index (κ3) is 3.43. The first-order valence-electron chi connectivity index (χ1n) is 9.45. The van der Waals surface area contributed by atoms with E-state index in [0.29, 0.717) is 22.2 Å². The fraction of sp³-hybridized carbons (Fsp3) is 0.200. The van der Waals surface area contributed by atoms with E-state index in [9.17, 15) is 14.3 Å². The molecule has 152 valence electrons. The molecule has 0 unspecified atom stereocenters. The van der Waals surface area contributed by atoms with Crippen molar-refractivity contribution in [3.05, 3.63) is 68.7 Å². The summed E-state index contributed by atoms with van der Waals surface area (Å²) in [7, 11) is 0. The van der Waals surface area contributed by atoms with Gasteiger partial charge in [0.1, 0.15) is 17.3 Å². The monoisotopic (exact) mass is 407 g/mol. The number of hydrogen-bond donors (Lipinski definition) is 4. The number of halogens is 1. The van der Waals surface area contributed by atoms with E-state index < -0.39 is 5.69 Å². The third-order valence-electron chi connectivity index (χ3n) is 4.83. The molecule has 4 N–H and O–H groups in total. The van der Waals surface area contributed by atoms with Gasteiger partial charge in [0, 0.05) is 17.0 Å². The Balaban J connectivity index is 1.68. The molecule has 1 fully saturated rings. The first kappa shape index (κ1) is 18.1. The first-order valence-corrected chi connectivity index (χ1v) is 9.45. The second kappa shape index (κ2) is 6.83. The SMILES string of the molecule is Cc1cc(F)ccc1Nc1cc(=NC2CC2)n2nc/c(=C/c3[nH]c(=O)[nH]c3O)c2n1. The van der Waals surface area contributed by atoms with Crippen LogP contribution in [0, 0.1) is 12.7 Å². The quantitative estimate of drug-likeness (QED) is 0.405. The summed E-state index contributed by atoms with van der Waals surface area (Å²) in [4.78, 5) is 25.6. The van der Waals surface area contributed by atoms with E-state index in [-0.39, 0.29) is 23.4 Å². The summed E-state index contributed by atoms with van der Waals surface area (Å²) in [5.41, 5.74) is 2.32. The molecule has 30 heavy (non-hydrogen) atoms. The third-order valence-corrected chi connectivity index (χ3v) is 4.83. The number of benzene rings is 1. The van der Waals surface area contributed by atoms with Crippen LogP contribution in [-0.4, -0.2) is 35.7 Å². The number of H-pyrrole nitrogens is 2. The average Bonchev–Trinajstić information content (AvgIpc) is 3.33. The Hall–Kier alpha value is -3.95. The fourth-order valence-corrected chi connectivity index (χ4v) is 3.17. The molecule has 10 heteroatoms. The number of aromatic nitrogens is 5. The van der Waals surface area contributed by atoms with Crippen molar-refractivity contribution in [2.45, 2.75) is 25.8 Å². The number of aromatic amines is 2. The molecule has 0 saturated heterocycles. The van der Waals surface area contributed by atoms with Gasteiger partial charge in [-0.25, -0.2) is 14.2 Å². The average molecular weight is 407 g/mol. The van der Waals surface area contributed by atoms with Crippen LogP contribution in [0.1, 0.15) is 24.1 Å². The Kier molecular flexibility index (Phi) is 4.12. The highest BCUT2D eigenvalue weighted by atomic mass is 19.1. The number of nitrogens with zero attached hydrogens (tertiary/aromatic N) is 4. The van der Waals surface area contributed by atoms with Gasteiger partial charge in [-0.05, 0) is 49.6 Å². The van der Waals surface area contributed by atoms with Crippen LogP contribution in [0.3, 0.4) is 0 Å². The van der Waals surface area contributed by atoms with Crippen molar-refractivity contribution in [3.63, 3.8) is 0 Å². The number of aryl methyl sites for hydroxylation is 1. The first-order chi connectivity index (χ1) is 14.5. The van der Waals surface area contributed by atoms with Gasteiger partial charge in [0.2, 0.25) is 5.88 Å². The minimum atomic E-state index is -0.512. The number of imidazole rings is 1. The molecule has 1 aliphatic carbocycles. The van der Waals surface area contributed by atoms with Crippen molar-refractivity contribution in [2.24, 2.45) is 4.99 Å². The van der Waals surface area contributed by atoms with Gasteiger partial charge < -0.3 is 15.4 Å². The molecule has 0 aliphatic heterocycles. The predicted molar refractivity (Wildman–Crippen MR) is 108 cm³/mol. The van der Waals surface area contributed by atoms with Crippen LogP contribution in [0.2, 0.25) is 0 Å². The van der Waals surface area contributed by atoms with Crippen molar-refractivity contribution < 1.29 is 9.50 Å². The van der Waals surface area contributed by atoms with E-state index in [4.69, 9.17) is 4.99 Å². The maximum atomic E-state index is 13.4. The Bertz CT molecular complexity index is 1450. The molecule has 1 saturated carbocycles. The molecule has 3 aromatic heterocycles. The molecule has 1 aliphatic rings. The van der Waals surface area contributed by atoms with Crippen LogP contribution in [0.15, 0.2) is 40.2 Å². The van der Waals surface area contributed by atoms with Crippen molar-refractivity contribution in [1.82, 2.24) is 24.6 Å². The van der Waals surface area contributed by atoms with E-state index in [1.165, 1.54) is 12.1 Å². The van der Waals surface area contributed by atoms with Crippen molar-refractivity contribution in [1.29, 1.82) is 0 Å². The molecular formula is C20H18FN7O2. The lowest BCUT2D eigenvalue weighted by molar-refractivity contribution is 0.454. The minimum absolute atomic E-state index is 0.227. The van der Waals surface area contributed by atoms with Gasteiger partial charge in [-0.15, -0.1) is 0 Å². The van der Waals surface area contributed by atoms with Crippen LogP contribution >= 0.6 is 0 Å². The summed E-state index contributed by atoms with van der Waals surface area (Å²) in [6.07, 6.45) is 5.23. The molecule has 0 bridgehead atoms. The summed E-state index contributed by atoms with van der Waals surface area (Å²) in [5.74, 6) is -0.0455. The molecule has 4 aromatic rings. The highest BCUT2D eigenvalue weighted by molar-refractivity contribution is 5.63. The van der Waals surface area contributed by atoms with Crippen LogP contribution in [0.4, 0.5) is 15.9 Å². The van der Waals surface area contributed by atoms with Crippen LogP contribution in [0.5, 0.6) is 5.88 Å². The number of anilines is 2. The maximum absolute atomic E-state index is 13.4. The number of fused-ring (bicyclic) bond motifs is 1. The minimum Gasteiger partial charge on any atom is -0.493 e. The molecule has 3 heterocycles. The molecule has 0 atom stereocenters. The molecule has 0 spiro atoms. The van der Waals surface area contributed by atoms with E-state index >= 15 is 0 Å². The smallest absolute Gasteiger partial charge is 0.326 e. The highest BCUT2D eigenvalue weighted by Gasteiger charge is 2.20. The zero-order valence-corrected chi connectivity index (χ0v) is 16.0. The molecule has 5 rings (SSSR count). The van der Waals surface area contributed by atoms with Gasteiger partial charge in [0.25, 0.3) is 0 Å². The van der Waals surface area contributed by atoms with Gasteiger partial charge >= 0.3 is 5.69 Å². The van der Waals surface area contributed by atoms with Gasteiger partial charge in [-0.3, -0.25) is 9.98 Å². The summed E-state index contributed by atoms with van der Waals surface area (Å²) < 4.78 is 15.1. The highest BCUT2D eigenvalue weighted by Crippen LogP contribution is 2.23.